The van der Waals surface area contributed by atoms with Crippen LogP contribution < -0.4 is 9.62 Å². The number of nitrogens with zero attached hydrogens (tertiary/aromatic N) is 2. The summed E-state index contributed by atoms with van der Waals surface area (Å²) in [6, 6.07) is 24.3. The number of nitrogens with one attached hydrogen (secondary N) is 1. The highest BCUT2D eigenvalue weighted by Crippen LogP contribution is 2.31. The monoisotopic (exact) mass is 671 g/mol. The van der Waals surface area contributed by atoms with Gasteiger partial charge in [0.1, 0.15) is 12.6 Å². The number of benzene rings is 4. The largest absolute Gasteiger partial charge is 0.357 e. The van der Waals surface area contributed by atoms with Crippen molar-refractivity contribution in [2.45, 2.75) is 37.8 Å². The van der Waals surface area contributed by atoms with Gasteiger partial charge in [0.15, 0.2) is 0 Å². The van der Waals surface area contributed by atoms with E-state index in [0.29, 0.717) is 26.2 Å². The summed E-state index contributed by atoms with van der Waals surface area (Å²) in [5.41, 5.74) is 2.95. The molecule has 0 spiro atoms. The minimum Gasteiger partial charge on any atom is -0.357 e. The third-order valence-corrected chi connectivity index (χ3v) is 9.94. The number of sulfonamides is 1. The number of likely N-dealkylation sites (N-methyl/N-ethyl adjacent to an activating group) is 1. The van der Waals surface area contributed by atoms with Gasteiger partial charge in [-0.25, -0.2) is 8.42 Å². The first-order chi connectivity index (χ1) is 20.9. The molecule has 0 unspecified atom stereocenters. The molecular weight excluding hydrogens is 641 g/mol. The van der Waals surface area contributed by atoms with E-state index in [1.165, 1.54) is 24.1 Å². The van der Waals surface area contributed by atoms with Gasteiger partial charge in [0.05, 0.1) is 10.6 Å². The van der Waals surface area contributed by atoms with Gasteiger partial charge in [0.2, 0.25) is 11.8 Å². The molecule has 4 rings (SSSR count). The molecule has 0 fully saturated rings. The normalized spacial score (nSPS) is 12.0. The number of halogens is 3. The molecule has 0 aliphatic carbocycles. The molecule has 7 nitrogen and oxygen atoms in total. The van der Waals surface area contributed by atoms with Gasteiger partial charge < -0.3 is 10.2 Å². The van der Waals surface area contributed by atoms with Crippen LogP contribution in [0.4, 0.5) is 5.69 Å². The lowest BCUT2D eigenvalue weighted by atomic mass is 10.0. The maximum atomic E-state index is 14.4. The van der Waals surface area contributed by atoms with Crippen molar-refractivity contribution in [3.63, 3.8) is 0 Å². The fraction of sp³-hybridized carbons (Fsp3) is 0.212. The summed E-state index contributed by atoms with van der Waals surface area (Å²) >= 11 is 19.2. The zero-order chi connectivity index (χ0) is 32.0. The van der Waals surface area contributed by atoms with Crippen LogP contribution in [0.1, 0.15) is 22.3 Å². The molecule has 44 heavy (non-hydrogen) atoms. The Morgan fingerprint density at radius 3 is 2.07 bits per heavy atom. The smallest absolute Gasteiger partial charge is 0.264 e. The van der Waals surface area contributed by atoms with Crippen LogP contribution >= 0.6 is 34.8 Å². The second kappa shape index (κ2) is 14.5. The summed E-state index contributed by atoms with van der Waals surface area (Å²) in [7, 11) is -2.76. The average Bonchev–Trinajstić information content (AvgIpc) is 2.99. The van der Waals surface area contributed by atoms with Gasteiger partial charge in [-0.05, 0) is 67.4 Å². The third-order valence-electron chi connectivity index (χ3n) is 7.22. The minimum atomic E-state index is -4.24. The molecular formula is C33H32Cl3N3O4S. The SMILES string of the molecule is CNC(=O)[C@H](Cc1ccccc1)N(Cc1c(Cl)cccc1Cl)C(=O)CN(c1ccc(Cl)cc1C)S(=O)(=O)c1ccc(C)cc1. The van der Waals surface area contributed by atoms with E-state index < -0.39 is 34.4 Å². The summed E-state index contributed by atoms with van der Waals surface area (Å²) < 4.78 is 29.4. The zero-order valence-corrected chi connectivity index (χ0v) is 27.5. The summed E-state index contributed by atoms with van der Waals surface area (Å²) in [6.07, 6.45) is 0.166. The first-order valence-electron chi connectivity index (χ1n) is 13.8. The first kappa shape index (κ1) is 33.3. The molecule has 0 aliphatic heterocycles. The van der Waals surface area contributed by atoms with Crippen LogP contribution in [-0.4, -0.2) is 44.8 Å². The molecule has 0 radical (unpaired) electrons. The average molecular weight is 673 g/mol. The van der Waals surface area contributed by atoms with Crippen molar-refractivity contribution >= 4 is 62.3 Å². The maximum absolute atomic E-state index is 14.4. The molecule has 0 bridgehead atoms. The summed E-state index contributed by atoms with van der Waals surface area (Å²) in [5.74, 6) is -1.06. The Morgan fingerprint density at radius 2 is 1.48 bits per heavy atom. The highest BCUT2D eigenvalue weighted by atomic mass is 35.5. The lowest BCUT2D eigenvalue weighted by Crippen LogP contribution is -2.53. The Hall–Kier alpha value is -3.56. The Bertz CT molecular complexity index is 1730. The molecule has 0 saturated carbocycles. The quantitative estimate of drug-likeness (QED) is 0.189. The van der Waals surface area contributed by atoms with Crippen molar-refractivity contribution in [2.75, 3.05) is 17.9 Å². The molecule has 1 N–H and O–H groups in total. The number of hydrogen-bond donors (Lipinski definition) is 1. The van der Waals surface area contributed by atoms with E-state index in [9.17, 15) is 18.0 Å². The van der Waals surface area contributed by atoms with Crippen molar-refractivity contribution in [1.82, 2.24) is 10.2 Å². The van der Waals surface area contributed by atoms with E-state index in [1.54, 1.807) is 55.5 Å². The molecule has 0 saturated heterocycles. The highest BCUT2D eigenvalue weighted by molar-refractivity contribution is 7.92. The number of anilines is 1. The van der Waals surface area contributed by atoms with Gasteiger partial charge in [-0.15, -0.1) is 0 Å². The number of rotatable bonds is 11. The number of amides is 2. The van der Waals surface area contributed by atoms with Crippen LogP contribution in [0, 0.1) is 13.8 Å². The summed E-state index contributed by atoms with van der Waals surface area (Å²) in [4.78, 5) is 29.2. The number of hydrogen-bond acceptors (Lipinski definition) is 4. The molecule has 4 aromatic rings. The zero-order valence-electron chi connectivity index (χ0n) is 24.4. The fourth-order valence-corrected chi connectivity index (χ4v) is 7.05. The molecule has 4 aromatic carbocycles. The Balaban J connectivity index is 1.84. The molecule has 1 atom stereocenters. The molecule has 2 amide bonds. The van der Waals surface area contributed by atoms with Crippen LogP contribution in [0.5, 0.6) is 0 Å². The van der Waals surface area contributed by atoms with Crippen molar-refractivity contribution < 1.29 is 18.0 Å². The van der Waals surface area contributed by atoms with E-state index in [1.807, 2.05) is 37.3 Å². The van der Waals surface area contributed by atoms with E-state index in [4.69, 9.17) is 34.8 Å². The van der Waals surface area contributed by atoms with Crippen molar-refractivity contribution in [1.29, 1.82) is 0 Å². The Morgan fingerprint density at radius 1 is 0.841 bits per heavy atom. The van der Waals surface area contributed by atoms with Crippen LogP contribution in [0.2, 0.25) is 15.1 Å². The minimum absolute atomic E-state index is 0.0121. The van der Waals surface area contributed by atoms with Crippen molar-refractivity contribution in [2.24, 2.45) is 0 Å². The van der Waals surface area contributed by atoms with Gasteiger partial charge >= 0.3 is 0 Å². The van der Waals surface area contributed by atoms with Gasteiger partial charge in [-0.1, -0.05) is 88.9 Å². The topological polar surface area (TPSA) is 86.8 Å². The maximum Gasteiger partial charge on any atom is 0.264 e. The van der Waals surface area contributed by atoms with E-state index in [0.717, 1.165) is 15.4 Å². The van der Waals surface area contributed by atoms with Gasteiger partial charge in [0.25, 0.3) is 10.0 Å². The summed E-state index contributed by atoms with van der Waals surface area (Å²) in [5, 5.41) is 3.69. The van der Waals surface area contributed by atoms with E-state index in [2.05, 4.69) is 5.32 Å². The second-order valence-electron chi connectivity index (χ2n) is 10.3. The van der Waals surface area contributed by atoms with Crippen LogP contribution in [0.25, 0.3) is 0 Å². The van der Waals surface area contributed by atoms with Gasteiger partial charge in [0, 0.05) is 40.6 Å². The van der Waals surface area contributed by atoms with E-state index in [-0.39, 0.29) is 23.5 Å². The third kappa shape index (κ3) is 7.74. The van der Waals surface area contributed by atoms with Crippen molar-refractivity contribution in [3.05, 3.63) is 128 Å². The van der Waals surface area contributed by atoms with Crippen LogP contribution in [-0.2, 0) is 32.6 Å². The second-order valence-corrected chi connectivity index (χ2v) is 13.4. The van der Waals surface area contributed by atoms with Crippen molar-refractivity contribution in [3.8, 4) is 0 Å². The van der Waals surface area contributed by atoms with Gasteiger partial charge in [-0.2, -0.15) is 0 Å². The fourth-order valence-electron chi connectivity index (χ4n) is 4.82. The molecule has 0 heterocycles. The lowest BCUT2D eigenvalue weighted by molar-refractivity contribution is -0.139. The van der Waals surface area contributed by atoms with Gasteiger partial charge in [-0.3, -0.25) is 13.9 Å². The molecule has 0 aromatic heterocycles. The Kier molecular flexibility index (Phi) is 11.0. The molecule has 230 valence electrons. The Labute approximate surface area is 273 Å². The highest BCUT2D eigenvalue weighted by Gasteiger charge is 2.35. The van der Waals surface area contributed by atoms with Crippen LogP contribution in [0.15, 0.2) is 95.9 Å². The standard InChI is InChI=1S/C33H32Cl3N3O4S/c1-22-12-15-26(16-13-22)44(42,43)39(30-17-14-25(34)18-23(30)2)21-32(40)38(20-27-28(35)10-7-11-29(27)36)31(33(41)37-3)19-24-8-5-4-6-9-24/h4-18,31H,19-21H2,1-3H3,(H,37,41)/t31-/m0/s1. The number of carbonyl (C=O) groups is 2. The molecule has 0 aliphatic rings. The summed E-state index contributed by atoms with van der Waals surface area (Å²) in [6.45, 7) is 2.82. The molecule has 11 heteroatoms. The number of carbonyl (C=O) groups excluding carboxylic acids is 2. The van der Waals surface area contributed by atoms with E-state index >= 15 is 0 Å². The lowest BCUT2D eigenvalue weighted by Gasteiger charge is -2.34. The first-order valence-corrected chi connectivity index (χ1v) is 16.3. The predicted molar refractivity (Wildman–Crippen MR) is 177 cm³/mol. The van der Waals surface area contributed by atoms with Crippen LogP contribution in [0.3, 0.4) is 0 Å². The number of aryl methyl sites for hydroxylation is 2. The predicted octanol–water partition coefficient (Wildman–Crippen LogP) is 6.85.